The number of carbonyl (C=O) groups is 2. The van der Waals surface area contributed by atoms with Crippen LogP contribution in [0.2, 0.25) is 0 Å². The SMILES string of the molecule is Cc1ccc(C)c(CN2C(=O)CSc3ccc(C(=O)NC[C@H](C)CN4CCC(C)CC4)cc32)c1. The zero-order valence-electron chi connectivity index (χ0n) is 20.9. The van der Waals surface area contributed by atoms with Crippen molar-refractivity contribution in [3.05, 3.63) is 58.7 Å². The molecule has 1 atom stereocenters. The van der Waals surface area contributed by atoms with E-state index >= 15 is 0 Å². The summed E-state index contributed by atoms with van der Waals surface area (Å²) in [6.07, 6.45) is 2.53. The Kier molecular flexibility index (Phi) is 7.99. The number of nitrogens with one attached hydrogen (secondary N) is 1. The minimum Gasteiger partial charge on any atom is -0.352 e. The van der Waals surface area contributed by atoms with Crippen molar-refractivity contribution in [2.75, 3.05) is 36.8 Å². The van der Waals surface area contributed by atoms with Crippen LogP contribution in [0, 0.1) is 25.7 Å². The van der Waals surface area contributed by atoms with E-state index in [-0.39, 0.29) is 11.8 Å². The third-order valence-electron chi connectivity index (χ3n) is 7.05. The van der Waals surface area contributed by atoms with E-state index < -0.39 is 0 Å². The van der Waals surface area contributed by atoms with Gasteiger partial charge in [0.2, 0.25) is 5.91 Å². The molecule has 182 valence electrons. The first-order valence-electron chi connectivity index (χ1n) is 12.4. The van der Waals surface area contributed by atoms with E-state index in [4.69, 9.17) is 0 Å². The molecule has 0 spiro atoms. The van der Waals surface area contributed by atoms with Gasteiger partial charge < -0.3 is 15.1 Å². The minimum atomic E-state index is -0.0726. The molecule has 34 heavy (non-hydrogen) atoms. The average molecular weight is 480 g/mol. The zero-order valence-corrected chi connectivity index (χ0v) is 21.7. The van der Waals surface area contributed by atoms with E-state index in [1.807, 2.05) is 23.1 Å². The number of amides is 2. The number of benzene rings is 2. The second-order valence-corrected chi connectivity index (χ2v) is 11.2. The molecule has 0 aliphatic carbocycles. The van der Waals surface area contributed by atoms with Crippen molar-refractivity contribution in [2.45, 2.75) is 52.0 Å². The third-order valence-corrected chi connectivity index (χ3v) is 8.10. The molecule has 2 amide bonds. The normalized spacial score (nSPS) is 18.0. The van der Waals surface area contributed by atoms with Crippen molar-refractivity contribution < 1.29 is 9.59 Å². The Labute approximate surface area is 208 Å². The molecule has 2 aliphatic rings. The van der Waals surface area contributed by atoms with Gasteiger partial charge in [-0.1, -0.05) is 37.6 Å². The summed E-state index contributed by atoms with van der Waals surface area (Å²) in [6, 6.07) is 12.1. The van der Waals surface area contributed by atoms with Crippen molar-refractivity contribution in [3.63, 3.8) is 0 Å². The Morgan fingerprint density at radius 1 is 1.15 bits per heavy atom. The molecule has 0 radical (unpaired) electrons. The molecular weight excluding hydrogens is 442 g/mol. The van der Waals surface area contributed by atoms with E-state index in [1.165, 1.54) is 24.0 Å². The molecule has 2 aliphatic heterocycles. The molecule has 0 bridgehead atoms. The first kappa shape index (κ1) is 24.8. The molecule has 2 heterocycles. The number of aryl methyl sites for hydroxylation is 2. The molecule has 0 unspecified atom stereocenters. The van der Waals surface area contributed by atoms with Gasteiger partial charge in [0, 0.05) is 23.5 Å². The first-order chi connectivity index (χ1) is 16.3. The fourth-order valence-corrected chi connectivity index (χ4v) is 5.69. The number of piperidine rings is 1. The molecule has 1 fully saturated rings. The highest BCUT2D eigenvalue weighted by molar-refractivity contribution is 8.00. The van der Waals surface area contributed by atoms with Crippen LogP contribution in [0.15, 0.2) is 41.3 Å². The number of hydrogen-bond donors (Lipinski definition) is 1. The Hall–Kier alpha value is -2.31. The number of hydrogen-bond acceptors (Lipinski definition) is 4. The monoisotopic (exact) mass is 479 g/mol. The second kappa shape index (κ2) is 11.0. The van der Waals surface area contributed by atoms with Crippen LogP contribution in [0.4, 0.5) is 5.69 Å². The number of thioether (sulfide) groups is 1. The summed E-state index contributed by atoms with van der Waals surface area (Å²) in [5, 5.41) is 3.12. The summed E-state index contributed by atoms with van der Waals surface area (Å²) < 4.78 is 0. The second-order valence-electron chi connectivity index (χ2n) is 10.2. The Morgan fingerprint density at radius 2 is 1.91 bits per heavy atom. The largest absolute Gasteiger partial charge is 0.352 e. The van der Waals surface area contributed by atoms with Crippen LogP contribution in [0.1, 0.15) is 53.7 Å². The minimum absolute atomic E-state index is 0.0726. The van der Waals surface area contributed by atoms with Crippen LogP contribution in [0.25, 0.3) is 0 Å². The maximum atomic E-state index is 13.0. The van der Waals surface area contributed by atoms with Gasteiger partial charge in [-0.2, -0.15) is 0 Å². The average Bonchev–Trinajstić information content (AvgIpc) is 2.82. The summed E-state index contributed by atoms with van der Waals surface area (Å²) in [5.41, 5.74) is 4.94. The predicted molar refractivity (Wildman–Crippen MR) is 141 cm³/mol. The molecule has 0 saturated carbocycles. The molecule has 4 rings (SSSR count). The van der Waals surface area contributed by atoms with Gasteiger partial charge in [0.1, 0.15) is 0 Å². The van der Waals surface area contributed by atoms with Gasteiger partial charge in [-0.25, -0.2) is 0 Å². The fraction of sp³-hybridized carbons (Fsp3) is 0.500. The summed E-state index contributed by atoms with van der Waals surface area (Å²) in [6.45, 7) is 13.2. The smallest absolute Gasteiger partial charge is 0.251 e. The molecular formula is C28H37N3O2S. The van der Waals surface area contributed by atoms with E-state index in [0.29, 0.717) is 30.3 Å². The molecule has 2 aromatic carbocycles. The van der Waals surface area contributed by atoms with Crippen LogP contribution in [0.3, 0.4) is 0 Å². The number of nitrogens with zero attached hydrogens (tertiary/aromatic N) is 2. The lowest BCUT2D eigenvalue weighted by atomic mass is 9.98. The number of rotatable bonds is 7. The summed E-state index contributed by atoms with van der Waals surface area (Å²) in [5.74, 6) is 1.66. The van der Waals surface area contributed by atoms with Gasteiger partial charge in [-0.05, 0) is 80.9 Å². The van der Waals surface area contributed by atoms with Gasteiger partial charge in [-0.15, -0.1) is 11.8 Å². The number of likely N-dealkylation sites (tertiary alicyclic amines) is 1. The van der Waals surface area contributed by atoms with Crippen molar-refractivity contribution >= 4 is 29.3 Å². The molecule has 5 nitrogen and oxygen atoms in total. The summed E-state index contributed by atoms with van der Waals surface area (Å²) in [4.78, 5) is 31.2. The lowest BCUT2D eigenvalue weighted by Crippen LogP contribution is -2.39. The Bertz CT molecular complexity index is 1050. The highest BCUT2D eigenvalue weighted by Crippen LogP contribution is 2.37. The number of anilines is 1. The molecule has 6 heteroatoms. The van der Waals surface area contributed by atoms with Gasteiger partial charge in [0.05, 0.1) is 18.0 Å². The van der Waals surface area contributed by atoms with Gasteiger partial charge >= 0.3 is 0 Å². The lowest BCUT2D eigenvalue weighted by Gasteiger charge is -2.32. The number of fused-ring (bicyclic) bond motifs is 1. The van der Waals surface area contributed by atoms with Crippen LogP contribution in [-0.4, -0.2) is 48.6 Å². The molecule has 0 aromatic heterocycles. The quantitative estimate of drug-likeness (QED) is 0.605. The molecule has 1 N–H and O–H groups in total. The van der Waals surface area contributed by atoms with Crippen LogP contribution in [-0.2, 0) is 11.3 Å². The van der Waals surface area contributed by atoms with Crippen molar-refractivity contribution in [2.24, 2.45) is 11.8 Å². The van der Waals surface area contributed by atoms with E-state index in [0.717, 1.165) is 41.7 Å². The van der Waals surface area contributed by atoms with Gasteiger partial charge in [-0.3, -0.25) is 9.59 Å². The maximum Gasteiger partial charge on any atom is 0.251 e. The van der Waals surface area contributed by atoms with Crippen LogP contribution < -0.4 is 10.2 Å². The fourth-order valence-electron chi connectivity index (χ4n) is 4.78. The summed E-state index contributed by atoms with van der Waals surface area (Å²) >= 11 is 1.55. The zero-order chi connectivity index (χ0) is 24.2. The van der Waals surface area contributed by atoms with Gasteiger partial charge in [0.15, 0.2) is 0 Å². The van der Waals surface area contributed by atoms with E-state index in [2.05, 4.69) is 56.1 Å². The Morgan fingerprint density at radius 3 is 2.68 bits per heavy atom. The van der Waals surface area contributed by atoms with Gasteiger partial charge in [0.25, 0.3) is 5.91 Å². The van der Waals surface area contributed by atoms with Crippen LogP contribution >= 0.6 is 11.8 Å². The molecule has 1 saturated heterocycles. The topological polar surface area (TPSA) is 52.7 Å². The summed E-state index contributed by atoms with van der Waals surface area (Å²) in [7, 11) is 0. The Balaban J connectivity index is 1.42. The standard InChI is InChI=1S/C28H37N3O2S/c1-19-9-11-30(12-10-19)16-21(3)15-29-28(33)23-7-8-26-25(14-23)31(27(32)18-34-26)17-24-13-20(2)5-6-22(24)4/h5-8,13-14,19,21H,9-12,15-18H2,1-4H3,(H,29,33)/t21-/m0/s1. The maximum absolute atomic E-state index is 13.0. The van der Waals surface area contributed by atoms with Crippen LogP contribution in [0.5, 0.6) is 0 Å². The first-order valence-corrected chi connectivity index (χ1v) is 13.4. The van der Waals surface area contributed by atoms with Crippen molar-refractivity contribution in [1.29, 1.82) is 0 Å². The highest BCUT2D eigenvalue weighted by Gasteiger charge is 2.26. The lowest BCUT2D eigenvalue weighted by molar-refractivity contribution is -0.116. The molecule has 2 aromatic rings. The predicted octanol–water partition coefficient (Wildman–Crippen LogP) is 5.04. The van der Waals surface area contributed by atoms with Crippen molar-refractivity contribution in [1.82, 2.24) is 10.2 Å². The van der Waals surface area contributed by atoms with E-state index in [9.17, 15) is 9.59 Å². The highest BCUT2D eigenvalue weighted by atomic mass is 32.2. The third kappa shape index (κ3) is 6.02. The van der Waals surface area contributed by atoms with E-state index in [1.54, 1.807) is 11.8 Å². The van der Waals surface area contributed by atoms with Crippen molar-refractivity contribution in [3.8, 4) is 0 Å². The number of carbonyl (C=O) groups excluding carboxylic acids is 2.